The van der Waals surface area contributed by atoms with Crippen molar-refractivity contribution in [1.29, 1.82) is 0 Å². The molecule has 0 bridgehead atoms. The molecule has 0 aromatic heterocycles. The number of rotatable bonds is 3. The van der Waals surface area contributed by atoms with Gasteiger partial charge < -0.3 is 10.0 Å². The number of likely N-dealkylation sites (tertiary alicyclic amines) is 1. The SMILES string of the molecule is CC/C=C(/C)C(=O)N1CCC(c2ccc(O)cc2)CC1. The van der Waals surface area contributed by atoms with Gasteiger partial charge in [-0.25, -0.2) is 0 Å². The minimum absolute atomic E-state index is 0.177. The first-order chi connectivity index (χ1) is 9.61. The Balaban J connectivity index is 1.94. The quantitative estimate of drug-likeness (QED) is 0.857. The Labute approximate surface area is 120 Å². The summed E-state index contributed by atoms with van der Waals surface area (Å²) in [5, 5.41) is 9.32. The zero-order valence-corrected chi connectivity index (χ0v) is 12.3. The van der Waals surface area contributed by atoms with Crippen LogP contribution in [0.15, 0.2) is 35.9 Å². The predicted molar refractivity (Wildman–Crippen MR) is 80.7 cm³/mol. The van der Waals surface area contributed by atoms with Gasteiger partial charge in [0.15, 0.2) is 0 Å². The molecule has 0 saturated carbocycles. The number of phenols is 1. The van der Waals surface area contributed by atoms with E-state index in [4.69, 9.17) is 0 Å². The molecule has 108 valence electrons. The summed E-state index contributed by atoms with van der Waals surface area (Å²) in [6.45, 7) is 5.59. The van der Waals surface area contributed by atoms with Gasteiger partial charge in [-0.1, -0.05) is 25.1 Å². The predicted octanol–water partition coefficient (Wildman–Crippen LogP) is 3.45. The molecule has 1 aromatic carbocycles. The molecule has 1 aliphatic rings. The molecule has 1 N–H and O–H groups in total. The number of phenolic OH excluding ortho intramolecular Hbond substituents is 1. The molecule has 1 fully saturated rings. The lowest BCUT2D eigenvalue weighted by Gasteiger charge is -2.32. The molecule has 3 nitrogen and oxygen atoms in total. The second kappa shape index (κ2) is 6.60. The van der Waals surface area contributed by atoms with Crippen LogP contribution in [0.5, 0.6) is 5.75 Å². The van der Waals surface area contributed by atoms with E-state index in [0.717, 1.165) is 37.9 Å². The van der Waals surface area contributed by atoms with Gasteiger partial charge in [-0.15, -0.1) is 0 Å². The highest BCUT2D eigenvalue weighted by atomic mass is 16.3. The number of aromatic hydroxyl groups is 1. The molecule has 0 aliphatic carbocycles. The highest BCUT2D eigenvalue weighted by Crippen LogP contribution is 2.29. The van der Waals surface area contributed by atoms with E-state index in [1.165, 1.54) is 5.56 Å². The van der Waals surface area contributed by atoms with E-state index >= 15 is 0 Å². The topological polar surface area (TPSA) is 40.5 Å². The van der Waals surface area contributed by atoms with Crippen LogP contribution in [0.2, 0.25) is 0 Å². The smallest absolute Gasteiger partial charge is 0.249 e. The lowest BCUT2D eigenvalue weighted by atomic mass is 9.89. The maximum absolute atomic E-state index is 12.2. The molecule has 1 amide bonds. The maximum Gasteiger partial charge on any atom is 0.249 e. The van der Waals surface area contributed by atoms with Crippen molar-refractivity contribution in [1.82, 2.24) is 4.90 Å². The molecule has 2 rings (SSSR count). The van der Waals surface area contributed by atoms with E-state index in [1.807, 2.05) is 37.0 Å². The minimum atomic E-state index is 0.177. The highest BCUT2D eigenvalue weighted by molar-refractivity contribution is 5.92. The molecule has 0 spiro atoms. The van der Waals surface area contributed by atoms with Crippen LogP contribution in [0.3, 0.4) is 0 Å². The van der Waals surface area contributed by atoms with Gasteiger partial charge in [0.25, 0.3) is 0 Å². The molecule has 1 saturated heterocycles. The van der Waals surface area contributed by atoms with Gasteiger partial charge >= 0.3 is 0 Å². The number of nitrogens with zero attached hydrogens (tertiary/aromatic N) is 1. The lowest BCUT2D eigenvalue weighted by Crippen LogP contribution is -2.38. The van der Waals surface area contributed by atoms with Gasteiger partial charge in [-0.3, -0.25) is 4.79 Å². The largest absolute Gasteiger partial charge is 0.508 e. The number of hydrogen-bond donors (Lipinski definition) is 1. The zero-order chi connectivity index (χ0) is 14.5. The van der Waals surface area contributed by atoms with Crippen LogP contribution in [0.1, 0.15) is 44.6 Å². The normalized spacial score (nSPS) is 17.3. The third kappa shape index (κ3) is 3.41. The van der Waals surface area contributed by atoms with Crippen LogP contribution in [0.25, 0.3) is 0 Å². The fraction of sp³-hybridized carbons (Fsp3) is 0.471. The zero-order valence-electron chi connectivity index (χ0n) is 12.3. The van der Waals surface area contributed by atoms with Crippen molar-refractivity contribution >= 4 is 5.91 Å². The van der Waals surface area contributed by atoms with Gasteiger partial charge in [0.1, 0.15) is 5.75 Å². The van der Waals surface area contributed by atoms with Crippen LogP contribution < -0.4 is 0 Å². The Morgan fingerprint density at radius 3 is 2.45 bits per heavy atom. The fourth-order valence-corrected chi connectivity index (χ4v) is 2.81. The third-order valence-electron chi connectivity index (χ3n) is 3.99. The van der Waals surface area contributed by atoms with E-state index in [2.05, 4.69) is 0 Å². The molecule has 1 aliphatic heterocycles. The number of allylic oxidation sites excluding steroid dienone is 1. The Bertz CT molecular complexity index is 482. The number of carbonyl (C=O) groups excluding carboxylic acids is 1. The highest BCUT2D eigenvalue weighted by Gasteiger charge is 2.24. The Morgan fingerprint density at radius 2 is 1.90 bits per heavy atom. The Kier molecular flexibility index (Phi) is 4.83. The van der Waals surface area contributed by atoms with E-state index in [1.54, 1.807) is 12.1 Å². The van der Waals surface area contributed by atoms with Crippen molar-refractivity contribution < 1.29 is 9.90 Å². The summed E-state index contributed by atoms with van der Waals surface area (Å²) < 4.78 is 0. The summed E-state index contributed by atoms with van der Waals surface area (Å²) in [7, 11) is 0. The van der Waals surface area contributed by atoms with Crippen LogP contribution in [0.4, 0.5) is 0 Å². The number of benzene rings is 1. The van der Waals surface area contributed by atoms with Crippen molar-refractivity contribution in [3.8, 4) is 5.75 Å². The van der Waals surface area contributed by atoms with Crippen LogP contribution in [-0.2, 0) is 4.79 Å². The summed E-state index contributed by atoms with van der Waals surface area (Å²) in [6.07, 6.45) is 4.89. The summed E-state index contributed by atoms with van der Waals surface area (Å²) in [4.78, 5) is 14.2. The van der Waals surface area contributed by atoms with Crippen molar-refractivity contribution in [2.24, 2.45) is 0 Å². The third-order valence-corrected chi connectivity index (χ3v) is 3.99. The van der Waals surface area contributed by atoms with E-state index in [9.17, 15) is 9.90 Å². The van der Waals surface area contributed by atoms with Crippen LogP contribution >= 0.6 is 0 Å². The first kappa shape index (κ1) is 14.6. The minimum Gasteiger partial charge on any atom is -0.508 e. The van der Waals surface area contributed by atoms with Gasteiger partial charge in [0.2, 0.25) is 5.91 Å². The summed E-state index contributed by atoms with van der Waals surface area (Å²) in [5.74, 6) is 0.979. The number of hydrogen-bond acceptors (Lipinski definition) is 2. The fourth-order valence-electron chi connectivity index (χ4n) is 2.81. The van der Waals surface area contributed by atoms with Crippen molar-refractivity contribution in [3.05, 3.63) is 41.5 Å². The van der Waals surface area contributed by atoms with Crippen LogP contribution in [-0.4, -0.2) is 29.0 Å². The van der Waals surface area contributed by atoms with Crippen molar-refractivity contribution in [3.63, 3.8) is 0 Å². The van der Waals surface area contributed by atoms with Crippen molar-refractivity contribution in [2.45, 2.75) is 39.0 Å². The van der Waals surface area contributed by atoms with Crippen LogP contribution in [0, 0.1) is 0 Å². The molecule has 3 heteroatoms. The number of piperidine rings is 1. The van der Waals surface area contributed by atoms with E-state index in [-0.39, 0.29) is 5.91 Å². The van der Waals surface area contributed by atoms with E-state index in [0.29, 0.717) is 11.7 Å². The molecule has 0 atom stereocenters. The van der Waals surface area contributed by atoms with Gasteiger partial charge in [-0.2, -0.15) is 0 Å². The molecule has 0 unspecified atom stereocenters. The molecule has 0 radical (unpaired) electrons. The number of carbonyl (C=O) groups is 1. The summed E-state index contributed by atoms with van der Waals surface area (Å²) in [6, 6.07) is 7.45. The van der Waals surface area contributed by atoms with Crippen molar-refractivity contribution in [2.75, 3.05) is 13.1 Å². The maximum atomic E-state index is 12.2. The molecular formula is C17H23NO2. The second-order valence-electron chi connectivity index (χ2n) is 5.45. The average molecular weight is 273 g/mol. The summed E-state index contributed by atoms with van der Waals surface area (Å²) >= 11 is 0. The molecule has 1 aromatic rings. The Hall–Kier alpha value is -1.77. The molecule has 20 heavy (non-hydrogen) atoms. The van der Waals surface area contributed by atoms with Gasteiger partial charge in [-0.05, 0) is 49.8 Å². The Morgan fingerprint density at radius 1 is 1.30 bits per heavy atom. The summed E-state index contributed by atoms with van der Waals surface area (Å²) in [5.41, 5.74) is 2.12. The average Bonchev–Trinajstić information content (AvgIpc) is 2.48. The molecule has 1 heterocycles. The van der Waals surface area contributed by atoms with E-state index < -0.39 is 0 Å². The first-order valence-corrected chi connectivity index (χ1v) is 7.36. The number of amides is 1. The van der Waals surface area contributed by atoms with Gasteiger partial charge in [0, 0.05) is 18.7 Å². The van der Waals surface area contributed by atoms with Gasteiger partial charge in [0.05, 0.1) is 0 Å². The second-order valence-corrected chi connectivity index (χ2v) is 5.45. The molecular weight excluding hydrogens is 250 g/mol. The first-order valence-electron chi connectivity index (χ1n) is 7.36. The lowest BCUT2D eigenvalue weighted by molar-refractivity contribution is -0.128. The monoisotopic (exact) mass is 273 g/mol. The standard InChI is InChI=1S/C17H23NO2/c1-3-4-13(2)17(20)18-11-9-15(10-12-18)14-5-7-16(19)8-6-14/h4-8,15,19H,3,9-12H2,1-2H3/b13-4-.